The molecule has 0 aromatic carbocycles. The molecular weight excluding hydrogens is 506 g/mol. The predicted octanol–water partition coefficient (Wildman–Crippen LogP) is 5.83. The number of ether oxygens (including phenoxy) is 1. The topological polar surface area (TPSA) is 49.9 Å². The Morgan fingerprint density at radius 2 is 1.53 bits per heavy atom. The second-order valence-electron chi connectivity index (χ2n) is 13.6. The first kappa shape index (κ1) is 29.2. The molecule has 5 nitrogen and oxygen atoms in total. The van der Waals surface area contributed by atoms with Gasteiger partial charge in [0.05, 0.1) is 11.9 Å². The van der Waals surface area contributed by atoms with Gasteiger partial charge in [0.2, 0.25) is 10.0 Å². The highest BCUT2D eigenvalue weighted by Gasteiger charge is 2.54. The summed E-state index contributed by atoms with van der Waals surface area (Å²) in [6, 6.07) is 0.626. The summed E-state index contributed by atoms with van der Waals surface area (Å²) in [5.74, 6) is 1.84. The van der Waals surface area contributed by atoms with Gasteiger partial charge in [-0.3, -0.25) is 4.90 Å². The maximum absolute atomic E-state index is 14.5. The summed E-state index contributed by atoms with van der Waals surface area (Å²) in [5.41, 5.74) is 0. The molecule has 2 saturated heterocycles. The highest BCUT2D eigenvalue weighted by molar-refractivity contribution is 7.89. The van der Waals surface area contributed by atoms with Crippen molar-refractivity contribution in [1.82, 2.24) is 9.21 Å². The fraction of sp³-hybridized carbons (Fsp3) is 1.00. The minimum atomic E-state index is -3.31. The van der Waals surface area contributed by atoms with Gasteiger partial charge < -0.3 is 4.74 Å². The molecule has 5 aliphatic rings. The molecule has 7 unspecified atom stereocenters. The fourth-order valence-electron chi connectivity index (χ4n) is 9.40. The minimum absolute atomic E-state index is 0.188. The van der Waals surface area contributed by atoms with Crippen molar-refractivity contribution in [2.45, 2.75) is 121 Å². The quantitative estimate of drug-likeness (QED) is 0.411. The van der Waals surface area contributed by atoms with Crippen molar-refractivity contribution in [3.8, 4) is 0 Å². The monoisotopic (exact) mass is 558 g/mol. The van der Waals surface area contributed by atoms with Crippen molar-refractivity contribution in [2.24, 2.45) is 35.5 Å². The van der Waals surface area contributed by atoms with Crippen LogP contribution >= 0.6 is 0 Å². The molecule has 220 valence electrons. The fourth-order valence-corrected chi connectivity index (χ4v) is 11.7. The van der Waals surface area contributed by atoms with E-state index in [-0.39, 0.29) is 23.1 Å². The van der Waals surface area contributed by atoms with E-state index in [1.807, 2.05) is 11.2 Å². The first-order chi connectivity index (χ1) is 18.2. The van der Waals surface area contributed by atoms with Crippen LogP contribution in [0.5, 0.6) is 0 Å². The number of alkyl halides is 2. The van der Waals surface area contributed by atoms with E-state index in [9.17, 15) is 17.2 Å². The summed E-state index contributed by atoms with van der Waals surface area (Å²) in [5, 5.41) is -0.228. The van der Waals surface area contributed by atoms with Crippen molar-refractivity contribution < 1.29 is 21.9 Å². The second-order valence-corrected chi connectivity index (χ2v) is 15.7. The number of fused-ring (bicyclic) bond motifs is 1. The van der Waals surface area contributed by atoms with Crippen molar-refractivity contribution in [3.63, 3.8) is 0 Å². The van der Waals surface area contributed by atoms with Crippen molar-refractivity contribution in [2.75, 3.05) is 33.4 Å². The Morgan fingerprint density at radius 3 is 2.24 bits per heavy atom. The number of sulfonamides is 1. The molecule has 0 spiro atoms. The number of nitrogens with zero attached hydrogens (tertiary/aromatic N) is 2. The number of halogens is 2. The Hall–Kier alpha value is -0.310. The molecule has 0 radical (unpaired) electrons. The maximum Gasteiger partial charge on any atom is 0.217 e. The SMILES string of the molecule is COC[C@@H]1[C@@H](C2CCC(C3CCC(F)C(F)C3C)CC2)C2CN(S(=O)(=O)C3CCCCC3C)CCCCN21. The average molecular weight is 559 g/mol. The van der Waals surface area contributed by atoms with Gasteiger partial charge in [0.25, 0.3) is 0 Å². The van der Waals surface area contributed by atoms with Gasteiger partial charge in [-0.2, -0.15) is 0 Å². The second kappa shape index (κ2) is 12.3. The lowest BCUT2D eigenvalue weighted by Crippen LogP contribution is -2.71. The lowest BCUT2D eigenvalue weighted by Gasteiger charge is -2.60. The first-order valence-electron chi connectivity index (χ1n) is 15.8. The maximum atomic E-state index is 14.5. The lowest BCUT2D eigenvalue weighted by atomic mass is 9.61. The summed E-state index contributed by atoms with van der Waals surface area (Å²) < 4.78 is 63.8. The molecule has 3 aliphatic carbocycles. The molecule has 5 rings (SSSR count). The van der Waals surface area contributed by atoms with Gasteiger partial charge in [0.1, 0.15) is 12.3 Å². The number of rotatable bonds is 6. The largest absolute Gasteiger partial charge is 0.383 e. The van der Waals surface area contributed by atoms with Crippen LogP contribution in [0.25, 0.3) is 0 Å². The number of methoxy groups -OCH3 is 1. The molecular formula is C30H52F2N2O3S. The third-order valence-electron chi connectivity index (χ3n) is 11.6. The van der Waals surface area contributed by atoms with E-state index in [0.29, 0.717) is 55.8 Å². The zero-order valence-corrected chi connectivity index (χ0v) is 24.8. The summed E-state index contributed by atoms with van der Waals surface area (Å²) in [6.45, 7) is 7.06. The van der Waals surface area contributed by atoms with Crippen LogP contribution < -0.4 is 0 Å². The molecule has 38 heavy (non-hydrogen) atoms. The Labute approximate surface area is 230 Å². The van der Waals surface area contributed by atoms with E-state index < -0.39 is 22.4 Å². The Morgan fingerprint density at radius 1 is 0.842 bits per heavy atom. The van der Waals surface area contributed by atoms with Crippen LogP contribution in [0.4, 0.5) is 8.78 Å². The normalized spacial score (nSPS) is 46.0. The van der Waals surface area contributed by atoms with Crippen molar-refractivity contribution in [1.29, 1.82) is 0 Å². The molecule has 0 N–H and O–H groups in total. The van der Waals surface area contributed by atoms with Crippen LogP contribution in [0.15, 0.2) is 0 Å². The predicted molar refractivity (Wildman–Crippen MR) is 148 cm³/mol. The average Bonchev–Trinajstić information content (AvgIpc) is 2.89. The number of hydrogen-bond acceptors (Lipinski definition) is 4. The van der Waals surface area contributed by atoms with Crippen LogP contribution in [0.2, 0.25) is 0 Å². The Kier molecular flexibility index (Phi) is 9.43. The first-order valence-corrected chi connectivity index (χ1v) is 17.3. The molecule has 8 heteroatoms. The van der Waals surface area contributed by atoms with Crippen molar-refractivity contribution >= 4 is 10.0 Å². The third kappa shape index (κ3) is 5.59. The Bertz CT molecular complexity index is 883. The van der Waals surface area contributed by atoms with E-state index in [1.165, 1.54) is 0 Å². The summed E-state index contributed by atoms with van der Waals surface area (Å²) in [7, 11) is -1.53. The standard InChI is InChI=1S/C30H52F2N2O3S/c1-20-8-4-5-9-28(20)38(35,36)33-16-6-7-17-34-26(18-33)29(27(34)19-37-3)23-12-10-22(11-13-23)24-14-15-25(31)30(32)21(24)2/h20-30H,4-19H2,1-3H3/t20?,21?,22?,23?,24?,25?,26?,27-,28?,29+,30?/m1/s1. The Balaban J connectivity index is 1.28. The lowest BCUT2D eigenvalue weighted by molar-refractivity contribution is -0.129. The van der Waals surface area contributed by atoms with E-state index in [2.05, 4.69) is 11.8 Å². The molecule has 0 aromatic heterocycles. The summed E-state index contributed by atoms with van der Waals surface area (Å²) in [6.07, 6.45) is 8.94. The molecule has 0 amide bonds. The molecule has 0 bridgehead atoms. The van der Waals surface area contributed by atoms with Gasteiger partial charge in [-0.25, -0.2) is 21.5 Å². The van der Waals surface area contributed by atoms with E-state index in [1.54, 1.807) is 7.11 Å². The zero-order valence-electron chi connectivity index (χ0n) is 23.9. The molecule has 2 heterocycles. The van der Waals surface area contributed by atoms with Crippen LogP contribution in [0.3, 0.4) is 0 Å². The van der Waals surface area contributed by atoms with Gasteiger partial charge in [0.15, 0.2) is 0 Å². The molecule has 9 atom stereocenters. The molecule has 5 fully saturated rings. The van der Waals surface area contributed by atoms with Gasteiger partial charge in [-0.15, -0.1) is 0 Å². The van der Waals surface area contributed by atoms with E-state index in [0.717, 1.165) is 77.2 Å². The summed E-state index contributed by atoms with van der Waals surface area (Å²) in [4.78, 5) is 2.56. The van der Waals surface area contributed by atoms with Crippen LogP contribution in [0, 0.1) is 35.5 Å². The van der Waals surface area contributed by atoms with Gasteiger partial charge >= 0.3 is 0 Å². The van der Waals surface area contributed by atoms with E-state index >= 15 is 0 Å². The highest BCUT2D eigenvalue weighted by Crippen LogP contribution is 2.50. The minimum Gasteiger partial charge on any atom is -0.383 e. The summed E-state index contributed by atoms with van der Waals surface area (Å²) >= 11 is 0. The van der Waals surface area contributed by atoms with Gasteiger partial charge in [-0.05, 0) is 106 Å². The highest BCUT2D eigenvalue weighted by atomic mass is 32.2. The van der Waals surface area contributed by atoms with Crippen LogP contribution in [-0.2, 0) is 14.8 Å². The van der Waals surface area contributed by atoms with Crippen LogP contribution in [-0.4, -0.2) is 80.7 Å². The van der Waals surface area contributed by atoms with Crippen molar-refractivity contribution in [3.05, 3.63) is 0 Å². The van der Waals surface area contributed by atoms with Gasteiger partial charge in [-0.1, -0.05) is 26.7 Å². The number of hydrogen-bond donors (Lipinski definition) is 0. The molecule has 0 aromatic rings. The van der Waals surface area contributed by atoms with Gasteiger partial charge in [0, 0.05) is 32.3 Å². The zero-order chi connectivity index (χ0) is 27.0. The third-order valence-corrected chi connectivity index (χ3v) is 14.1. The van der Waals surface area contributed by atoms with E-state index in [4.69, 9.17) is 4.74 Å². The molecule has 3 saturated carbocycles. The molecule has 2 aliphatic heterocycles. The smallest absolute Gasteiger partial charge is 0.217 e. The van der Waals surface area contributed by atoms with Crippen LogP contribution in [0.1, 0.15) is 90.9 Å².